The van der Waals surface area contributed by atoms with E-state index in [0.29, 0.717) is 13.0 Å². The predicted molar refractivity (Wildman–Crippen MR) is 94.4 cm³/mol. The van der Waals surface area contributed by atoms with Crippen LogP contribution in [0.3, 0.4) is 0 Å². The van der Waals surface area contributed by atoms with Gasteiger partial charge < -0.3 is 10.6 Å². The molecule has 0 spiro atoms. The summed E-state index contributed by atoms with van der Waals surface area (Å²) < 4.78 is 0. The number of benzene rings is 1. The molecule has 4 nitrogen and oxygen atoms in total. The average molecular weight is 311 g/mol. The number of nitrogens with one attached hydrogen (secondary N) is 2. The Bertz CT molecular complexity index is 604. The monoisotopic (exact) mass is 311 g/mol. The molecule has 2 aromatic rings. The molecule has 1 aromatic heterocycles. The second-order valence-electron chi connectivity index (χ2n) is 5.49. The van der Waals surface area contributed by atoms with Gasteiger partial charge in [0.1, 0.15) is 0 Å². The Morgan fingerprint density at radius 3 is 2.30 bits per heavy atom. The maximum atomic E-state index is 12.2. The van der Waals surface area contributed by atoms with Crippen molar-refractivity contribution in [2.24, 2.45) is 0 Å². The van der Waals surface area contributed by atoms with Crippen molar-refractivity contribution in [3.8, 4) is 0 Å². The number of pyridine rings is 1. The van der Waals surface area contributed by atoms with E-state index in [-0.39, 0.29) is 5.91 Å². The number of hydrogen-bond acceptors (Lipinski definition) is 3. The SMILES string of the molecule is CCc1cccc(CC)c1NC(=O)CCNCc1ccncc1. The number of aryl methyl sites for hydroxylation is 2. The lowest BCUT2D eigenvalue weighted by Crippen LogP contribution is -2.22. The summed E-state index contributed by atoms with van der Waals surface area (Å²) >= 11 is 0. The Morgan fingerprint density at radius 2 is 1.70 bits per heavy atom. The van der Waals surface area contributed by atoms with Crippen molar-refractivity contribution < 1.29 is 4.79 Å². The minimum absolute atomic E-state index is 0.0582. The minimum Gasteiger partial charge on any atom is -0.326 e. The molecule has 1 aromatic carbocycles. The summed E-state index contributed by atoms with van der Waals surface area (Å²) in [5, 5.41) is 6.38. The number of anilines is 1. The largest absolute Gasteiger partial charge is 0.326 e. The Kier molecular flexibility index (Phi) is 6.76. The summed E-state index contributed by atoms with van der Waals surface area (Å²) in [5.74, 6) is 0.0582. The highest BCUT2D eigenvalue weighted by Gasteiger charge is 2.09. The predicted octanol–water partition coefficient (Wildman–Crippen LogP) is 3.32. The molecule has 0 aliphatic rings. The van der Waals surface area contributed by atoms with Crippen LogP contribution < -0.4 is 10.6 Å². The Hall–Kier alpha value is -2.20. The van der Waals surface area contributed by atoms with Gasteiger partial charge in [0.25, 0.3) is 0 Å². The van der Waals surface area contributed by atoms with Gasteiger partial charge in [-0.2, -0.15) is 0 Å². The molecule has 122 valence electrons. The smallest absolute Gasteiger partial charge is 0.225 e. The highest BCUT2D eigenvalue weighted by atomic mass is 16.1. The molecule has 2 rings (SSSR count). The van der Waals surface area contributed by atoms with Crippen LogP contribution in [0.15, 0.2) is 42.7 Å². The second-order valence-corrected chi connectivity index (χ2v) is 5.49. The highest BCUT2D eigenvalue weighted by molar-refractivity contribution is 5.92. The van der Waals surface area contributed by atoms with Gasteiger partial charge in [0.05, 0.1) is 0 Å². The highest BCUT2D eigenvalue weighted by Crippen LogP contribution is 2.22. The lowest BCUT2D eigenvalue weighted by Gasteiger charge is -2.14. The third-order valence-corrected chi connectivity index (χ3v) is 3.87. The van der Waals surface area contributed by atoms with Crippen molar-refractivity contribution >= 4 is 11.6 Å². The topological polar surface area (TPSA) is 54.0 Å². The van der Waals surface area contributed by atoms with Gasteiger partial charge in [0.2, 0.25) is 5.91 Å². The van der Waals surface area contributed by atoms with E-state index in [2.05, 4.69) is 47.7 Å². The summed E-state index contributed by atoms with van der Waals surface area (Å²) in [5.41, 5.74) is 4.56. The molecule has 0 fully saturated rings. The first-order valence-electron chi connectivity index (χ1n) is 8.24. The fraction of sp³-hybridized carbons (Fsp3) is 0.368. The number of carbonyl (C=O) groups excluding carboxylic acids is 1. The first-order valence-corrected chi connectivity index (χ1v) is 8.24. The van der Waals surface area contributed by atoms with Gasteiger partial charge in [-0.3, -0.25) is 9.78 Å². The van der Waals surface area contributed by atoms with Gasteiger partial charge in [0.15, 0.2) is 0 Å². The molecule has 1 amide bonds. The van der Waals surface area contributed by atoms with E-state index in [4.69, 9.17) is 0 Å². The van der Waals surface area contributed by atoms with Crippen molar-refractivity contribution in [3.05, 3.63) is 59.4 Å². The summed E-state index contributed by atoms with van der Waals surface area (Å²) in [6.07, 6.45) is 5.86. The van der Waals surface area contributed by atoms with E-state index in [1.54, 1.807) is 12.4 Å². The minimum atomic E-state index is 0.0582. The zero-order chi connectivity index (χ0) is 16.5. The van der Waals surface area contributed by atoms with Crippen LogP contribution in [-0.4, -0.2) is 17.4 Å². The van der Waals surface area contributed by atoms with Gasteiger partial charge in [0, 0.05) is 37.6 Å². The number of carbonyl (C=O) groups is 1. The quantitative estimate of drug-likeness (QED) is 0.735. The number of aromatic nitrogens is 1. The zero-order valence-electron chi connectivity index (χ0n) is 13.9. The van der Waals surface area contributed by atoms with E-state index in [1.165, 1.54) is 16.7 Å². The van der Waals surface area contributed by atoms with Crippen molar-refractivity contribution in [1.29, 1.82) is 0 Å². The van der Waals surface area contributed by atoms with Gasteiger partial charge in [-0.1, -0.05) is 32.0 Å². The molecule has 0 aliphatic heterocycles. The van der Waals surface area contributed by atoms with Crippen molar-refractivity contribution in [3.63, 3.8) is 0 Å². The normalized spacial score (nSPS) is 10.5. The molecule has 0 saturated heterocycles. The summed E-state index contributed by atoms with van der Waals surface area (Å²) in [4.78, 5) is 16.2. The molecule has 2 N–H and O–H groups in total. The number of rotatable bonds is 8. The fourth-order valence-electron chi connectivity index (χ4n) is 2.54. The van der Waals surface area contributed by atoms with Crippen molar-refractivity contribution in [1.82, 2.24) is 10.3 Å². The third-order valence-electron chi connectivity index (χ3n) is 3.87. The van der Waals surface area contributed by atoms with Crippen LogP contribution in [0, 0.1) is 0 Å². The van der Waals surface area contributed by atoms with Crippen LogP contribution in [0.2, 0.25) is 0 Å². The first kappa shape index (κ1) is 17.2. The lowest BCUT2D eigenvalue weighted by atomic mass is 10.0. The second kappa shape index (κ2) is 9.06. The molecular weight excluding hydrogens is 286 g/mol. The van der Waals surface area contributed by atoms with Gasteiger partial charge in [-0.05, 0) is 41.7 Å². The van der Waals surface area contributed by atoms with Crippen LogP contribution in [0.5, 0.6) is 0 Å². The van der Waals surface area contributed by atoms with Crippen LogP contribution in [0.4, 0.5) is 5.69 Å². The van der Waals surface area contributed by atoms with Gasteiger partial charge in [-0.15, -0.1) is 0 Å². The molecule has 0 radical (unpaired) electrons. The molecule has 0 atom stereocenters. The number of hydrogen-bond donors (Lipinski definition) is 2. The van der Waals surface area contributed by atoms with Crippen LogP contribution in [-0.2, 0) is 24.2 Å². The molecular formula is C19H25N3O. The first-order chi connectivity index (χ1) is 11.2. The molecule has 4 heteroatoms. The van der Waals surface area contributed by atoms with E-state index in [0.717, 1.165) is 25.1 Å². The zero-order valence-corrected chi connectivity index (χ0v) is 13.9. The summed E-state index contributed by atoms with van der Waals surface area (Å²) in [7, 11) is 0. The average Bonchev–Trinajstić information content (AvgIpc) is 2.60. The fourth-order valence-corrected chi connectivity index (χ4v) is 2.54. The van der Waals surface area contributed by atoms with Crippen LogP contribution >= 0.6 is 0 Å². The van der Waals surface area contributed by atoms with Gasteiger partial charge in [-0.25, -0.2) is 0 Å². The molecule has 0 saturated carbocycles. The van der Waals surface area contributed by atoms with Crippen LogP contribution in [0.25, 0.3) is 0 Å². The Morgan fingerprint density at radius 1 is 1.04 bits per heavy atom. The summed E-state index contributed by atoms with van der Waals surface area (Å²) in [6.45, 7) is 5.63. The van der Waals surface area contributed by atoms with E-state index >= 15 is 0 Å². The van der Waals surface area contributed by atoms with E-state index < -0.39 is 0 Å². The maximum absolute atomic E-state index is 12.2. The van der Waals surface area contributed by atoms with Crippen LogP contribution in [0.1, 0.15) is 37.0 Å². The number of nitrogens with zero attached hydrogens (tertiary/aromatic N) is 1. The van der Waals surface area contributed by atoms with Gasteiger partial charge >= 0.3 is 0 Å². The standard InChI is InChI=1S/C19H25N3O/c1-3-16-6-5-7-17(4-2)19(16)22-18(23)10-13-21-14-15-8-11-20-12-9-15/h5-9,11-12,21H,3-4,10,13-14H2,1-2H3,(H,22,23). The molecule has 1 heterocycles. The van der Waals surface area contributed by atoms with Crippen molar-refractivity contribution in [2.75, 3.05) is 11.9 Å². The lowest BCUT2D eigenvalue weighted by molar-refractivity contribution is -0.116. The maximum Gasteiger partial charge on any atom is 0.225 e. The Balaban J connectivity index is 1.83. The molecule has 0 unspecified atom stereocenters. The van der Waals surface area contributed by atoms with Crippen molar-refractivity contribution in [2.45, 2.75) is 39.7 Å². The Labute approximate surface area is 138 Å². The van der Waals surface area contributed by atoms with E-state index in [9.17, 15) is 4.79 Å². The third kappa shape index (κ3) is 5.18. The number of para-hydroxylation sites is 1. The number of amides is 1. The summed E-state index contributed by atoms with van der Waals surface area (Å²) in [6, 6.07) is 10.2. The molecule has 23 heavy (non-hydrogen) atoms. The molecule has 0 aliphatic carbocycles. The van der Waals surface area contributed by atoms with E-state index in [1.807, 2.05) is 12.1 Å². The molecule has 0 bridgehead atoms.